The number of ether oxygens (including phenoxy) is 1. The zero-order valence-corrected chi connectivity index (χ0v) is 17.0. The molecule has 0 fully saturated rings. The lowest BCUT2D eigenvalue weighted by atomic mass is 10.1. The van der Waals surface area contributed by atoms with Gasteiger partial charge in [-0.3, -0.25) is 14.2 Å². The third-order valence-electron chi connectivity index (χ3n) is 4.64. The van der Waals surface area contributed by atoms with E-state index in [9.17, 15) is 14.4 Å². The van der Waals surface area contributed by atoms with Crippen LogP contribution in [0.3, 0.4) is 0 Å². The third-order valence-corrected chi connectivity index (χ3v) is 5.78. The van der Waals surface area contributed by atoms with Crippen LogP contribution in [0.15, 0.2) is 34.2 Å². The van der Waals surface area contributed by atoms with Gasteiger partial charge in [0.05, 0.1) is 18.1 Å². The molecule has 2 aromatic rings. The summed E-state index contributed by atoms with van der Waals surface area (Å²) in [5, 5.41) is 3.53. The first-order valence-corrected chi connectivity index (χ1v) is 10.2. The summed E-state index contributed by atoms with van der Waals surface area (Å²) in [6, 6.07) is 6.56. The highest BCUT2D eigenvalue weighted by Crippen LogP contribution is 2.26. The number of hydrogen-bond acceptors (Lipinski definition) is 6. The fourth-order valence-electron chi connectivity index (χ4n) is 3.11. The summed E-state index contributed by atoms with van der Waals surface area (Å²) in [5.74, 6) is -0.333. The summed E-state index contributed by atoms with van der Waals surface area (Å²) < 4.78 is 6.55. The number of aromatic nitrogens is 2. The Morgan fingerprint density at radius 1 is 1.29 bits per heavy atom. The Morgan fingerprint density at radius 3 is 2.64 bits per heavy atom. The predicted molar refractivity (Wildman–Crippen MR) is 108 cm³/mol. The fraction of sp³-hybridized carbons (Fsp3) is 0.400. The van der Waals surface area contributed by atoms with Crippen LogP contribution in [0.2, 0.25) is 0 Å². The van der Waals surface area contributed by atoms with Crippen LogP contribution in [-0.4, -0.2) is 33.8 Å². The van der Waals surface area contributed by atoms with E-state index in [1.807, 2.05) is 13.8 Å². The fourth-order valence-corrected chi connectivity index (χ4v) is 4.23. The SMILES string of the molecule is CCOC(=O)c1ccc(NC(=O)C2CSc3nc(C)c(CC)c(=O)n3C2)cc1. The molecular formula is C20H23N3O4S. The van der Waals surface area contributed by atoms with Gasteiger partial charge in [-0.15, -0.1) is 0 Å². The molecule has 1 atom stereocenters. The highest BCUT2D eigenvalue weighted by Gasteiger charge is 2.28. The Labute approximate surface area is 167 Å². The van der Waals surface area contributed by atoms with E-state index in [1.165, 1.54) is 11.8 Å². The number of amides is 1. The molecule has 1 amide bonds. The first kappa shape index (κ1) is 20.1. The molecule has 1 unspecified atom stereocenters. The molecule has 3 rings (SSSR count). The van der Waals surface area contributed by atoms with Gasteiger partial charge in [0, 0.05) is 29.2 Å². The van der Waals surface area contributed by atoms with E-state index in [4.69, 9.17) is 4.74 Å². The molecule has 1 N–H and O–H groups in total. The number of benzene rings is 1. The Bertz CT molecular complexity index is 953. The van der Waals surface area contributed by atoms with Crippen molar-refractivity contribution in [3.8, 4) is 0 Å². The number of carbonyl (C=O) groups is 2. The molecule has 0 radical (unpaired) electrons. The average molecular weight is 401 g/mol. The highest BCUT2D eigenvalue weighted by atomic mass is 32.2. The van der Waals surface area contributed by atoms with E-state index in [2.05, 4.69) is 10.3 Å². The maximum absolute atomic E-state index is 12.7. The van der Waals surface area contributed by atoms with E-state index in [0.29, 0.717) is 47.3 Å². The Hall–Kier alpha value is -2.61. The third kappa shape index (κ3) is 4.11. The van der Waals surface area contributed by atoms with Gasteiger partial charge in [-0.05, 0) is 44.5 Å². The van der Waals surface area contributed by atoms with Gasteiger partial charge in [0.1, 0.15) is 0 Å². The van der Waals surface area contributed by atoms with Crippen molar-refractivity contribution >= 4 is 29.3 Å². The van der Waals surface area contributed by atoms with Gasteiger partial charge in [-0.25, -0.2) is 9.78 Å². The summed E-state index contributed by atoms with van der Waals surface area (Å²) in [6.07, 6.45) is 0.617. The number of thioether (sulfide) groups is 1. The van der Waals surface area contributed by atoms with Gasteiger partial charge in [0.25, 0.3) is 5.56 Å². The molecule has 1 aromatic heterocycles. The van der Waals surface area contributed by atoms with Gasteiger partial charge in [-0.2, -0.15) is 0 Å². The van der Waals surface area contributed by atoms with Crippen molar-refractivity contribution in [2.75, 3.05) is 17.7 Å². The summed E-state index contributed by atoms with van der Waals surface area (Å²) in [7, 11) is 0. The maximum Gasteiger partial charge on any atom is 0.338 e. The van der Waals surface area contributed by atoms with Crippen molar-refractivity contribution in [1.82, 2.24) is 9.55 Å². The minimum atomic E-state index is -0.394. The second kappa shape index (κ2) is 8.60. The van der Waals surface area contributed by atoms with Gasteiger partial charge in [0.15, 0.2) is 5.16 Å². The van der Waals surface area contributed by atoms with Crippen molar-refractivity contribution in [3.63, 3.8) is 0 Å². The number of esters is 1. The first-order valence-electron chi connectivity index (χ1n) is 9.25. The van der Waals surface area contributed by atoms with Crippen LogP contribution in [0.25, 0.3) is 0 Å². The smallest absolute Gasteiger partial charge is 0.338 e. The summed E-state index contributed by atoms with van der Waals surface area (Å²) >= 11 is 1.42. The molecule has 1 aliphatic heterocycles. The lowest BCUT2D eigenvalue weighted by Crippen LogP contribution is -2.38. The number of nitrogens with one attached hydrogen (secondary N) is 1. The van der Waals surface area contributed by atoms with E-state index in [-0.39, 0.29) is 17.4 Å². The number of aryl methyl sites for hydroxylation is 1. The van der Waals surface area contributed by atoms with Crippen LogP contribution >= 0.6 is 11.8 Å². The number of rotatable bonds is 5. The summed E-state index contributed by atoms with van der Waals surface area (Å²) in [5.41, 5.74) is 2.42. The molecule has 8 heteroatoms. The lowest BCUT2D eigenvalue weighted by Gasteiger charge is -2.25. The van der Waals surface area contributed by atoms with Gasteiger partial charge in [0.2, 0.25) is 5.91 Å². The van der Waals surface area contributed by atoms with Crippen LogP contribution in [0.5, 0.6) is 0 Å². The molecule has 2 heterocycles. The maximum atomic E-state index is 12.7. The van der Waals surface area contributed by atoms with Crippen LogP contribution in [-0.2, 0) is 22.5 Å². The van der Waals surface area contributed by atoms with Crippen molar-refractivity contribution < 1.29 is 14.3 Å². The molecular weight excluding hydrogens is 378 g/mol. The predicted octanol–water partition coefficient (Wildman–Crippen LogP) is 2.65. The van der Waals surface area contributed by atoms with E-state index < -0.39 is 5.97 Å². The zero-order valence-electron chi connectivity index (χ0n) is 16.2. The topological polar surface area (TPSA) is 90.3 Å². The molecule has 0 spiro atoms. The molecule has 0 aliphatic carbocycles. The molecule has 0 saturated heterocycles. The summed E-state index contributed by atoms with van der Waals surface area (Å²) in [4.78, 5) is 41.6. The van der Waals surface area contributed by atoms with Gasteiger partial charge in [-0.1, -0.05) is 18.7 Å². The standard InChI is InChI=1S/C20H23N3O4S/c1-4-16-12(3)21-20-23(18(16)25)10-14(11-28-20)17(24)22-15-8-6-13(7-9-15)19(26)27-5-2/h6-9,14H,4-5,10-11H2,1-3H3,(H,22,24). The number of nitrogens with zero attached hydrogens (tertiary/aromatic N) is 2. The van der Waals surface area contributed by atoms with E-state index in [0.717, 1.165) is 5.69 Å². The van der Waals surface area contributed by atoms with Crippen molar-refractivity contribution in [3.05, 3.63) is 51.4 Å². The quantitative estimate of drug-likeness (QED) is 0.612. The van der Waals surface area contributed by atoms with Gasteiger partial charge >= 0.3 is 5.97 Å². The van der Waals surface area contributed by atoms with Crippen LogP contribution < -0.4 is 10.9 Å². The Morgan fingerprint density at radius 2 is 2.00 bits per heavy atom. The second-order valence-electron chi connectivity index (χ2n) is 6.52. The average Bonchev–Trinajstić information content (AvgIpc) is 2.69. The van der Waals surface area contributed by atoms with Crippen molar-refractivity contribution in [1.29, 1.82) is 0 Å². The molecule has 7 nitrogen and oxygen atoms in total. The molecule has 1 aliphatic rings. The zero-order chi connectivity index (χ0) is 20.3. The van der Waals surface area contributed by atoms with Crippen molar-refractivity contribution in [2.45, 2.75) is 38.9 Å². The van der Waals surface area contributed by atoms with Crippen LogP contribution in [0.4, 0.5) is 5.69 Å². The molecule has 148 valence electrons. The lowest BCUT2D eigenvalue weighted by molar-refractivity contribution is -0.119. The minimum absolute atomic E-state index is 0.0613. The number of anilines is 1. The number of hydrogen-bond donors (Lipinski definition) is 1. The molecule has 28 heavy (non-hydrogen) atoms. The minimum Gasteiger partial charge on any atom is -0.462 e. The monoisotopic (exact) mass is 401 g/mol. The van der Waals surface area contributed by atoms with Crippen LogP contribution in [0.1, 0.15) is 35.5 Å². The first-order chi connectivity index (χ1) is 13.4. The molecule has 1 aromatic carbocycles. The van der Waals surface area contributed by atoms with E-state index in [1.54, 1.807) is 35.8 Å². The Balaban J connectivity index is 1.71. The molecule has 0 bridgehead atoms. The van der Waals surface area contributed by atoms with Crippen LogP contribution in [0, 0.1) is 12.8 Å². The van der Waals surface area contributed by atoms with Crippen molar-refractivity contribution in [2.24, 2.45) is 5.92 Å². The number of fused-ring (bicyclic) bond motifs is 1. The highest BCUT2D eigenvalue weighted by molar-refractivity contribution is 7.99. The summed E-state index contributed by atoms with van der Waals surface area (Å²) in [6.45, 7) is 6.15. The van der Waals surface area contributed by atoms with Gasteiger partial charge < -0.3 is 10.1 Å². The molecule has 0 saturated carbocycles. The Kier molecular flexibility index (Phi) is 6.18. The normalized spacial score (nSPS) is 15.6. The second-order valence-corrected chi connectivity index (χ2v) is 7.51. The number of carbonyl (C=O) groups excluding carboxylic acids is 2. The van der Waals surface area contributed by atoms with E-state index >= 15 is 0 Å². The largest absolute Gasteiger partial charge is 0.462 e.